The molecule has 1 aliphatic carbocycles. The van der Waals surface area contributed by atoms with Crippen molar-refractivity contribution in [1.29, 1.82) is 0 Å². The summed E-state index contributed by atoms with van der Waals surface area (Å²) in [6, 6.07) is 4.18. The molecule has 112 valence electrons. The van der Waals surface area contributed by atoms with Crippen LogP contribution in [0.25, 0.3) is 11.5 Å². The summed E-state index contributed by atoms with van der Waals surface area (Å²) in [5.41, 5.74) is 0.845. The van der Waals surface area contributed by atoms with Gasteiger partial charge >= 0.3 is 0 Å². The van der Waals surface area contributed by atoms with Crippen molar-refractivity contribution >= 4 is 5.82 Å². The van der Waals surface area contributed by atoms with Crippen molar-refractivity contribution in [1.82, 2.24) is 15.1 Å². The highest BCUT2D eigenvalue weighted by atomic mass is 16.5. The van der Waals surface area contributed by atoms with Gasteiger partial charge in [-0.15, -0.1) is 0 Å². The van der Waals surface area contributed by atoms with E-state index < -0.39 is 0 Å². The highest BCUT2D eigenvalue weighted by Crippen LogP contribution is 2.28. The van der Waals surface area contributed by atoms with Crippen LogP contribution < -0.4 is 5.32 Å². The number of aryl methyl sites for hydroxylation is 1. The average Bonchev–Trinajstić information content (AvgIpc) is 2.94. The standard InChI is InChI=1S/C15H20N4O2/c1-10-17-15(21-19-10)13-7-4-8-16-14(13)18-11-5-3-6-12(9-11)20-2/h4,7-8,11-12H,3,5-6,9H2,1-2H3,(H,16,18). The maximum atomic E-state index is 5.48. The number of ether oxygens (including phenoxy) is 1. The smallest absolute Gasteiger partial charge is 0.261 e. The Bertz CT molecular complexity index is 599. The Kier molecular flexibility index (Phi) is 4.15. The second-order valence-electron chi connectivity index (χ2n) is 5.41. The van der Waals surface area contributed by atoms with Gasteiger partial charge in [-0.25, -0.2) is 4.98 Å². The lowest BCUT2D eigenvalue weighted by Crippen LogP contribution is -2.31. The SMILES string of the molecule is COC1CCCC(Nc2ncccc2-c2nc(C)no2)C1. The van der Waals surface area contributed by atoms with Gasteiger partial charge in [-0.1, -0.05) is 5.16 Å². The summed E-state index contributed by atoms with van der Waals surface area (Å²) in [5, 5.41) is 7.35. The van der Waals surface area contributed by atoms with Crippen LogP contribution in [-0.4, -0.2) is 34.4 Å². The van der Waals surface area contributed by atoms with Crippen LogP contribution >= 0.6 is 0 Å². The molecule has 0 amide bonds. The molecule has 2 atom stereocenters. The predicted octanol–water partition coefficient (Wildman–Crippen LogP) is 2.81. The highest BCUT2D eigenvalue weighted by Gasteiger charge is 2.23. The molecular weight excluding hydrogens is 268 g/mol. The molecule has 3 rings (SSSR count). The third kappa shape index (κ3) is 3.21. The lowest BCUT2D eigenvalue weighted by Gasteiger charge is -2.29. The summed E-state index contributed by atoms with van der Waals surface area (Å²) in [6.07, 6.45) is 6.51. The van der Waals surface area contributed by atoms with E-state index >= 15 is 0 Å². The Morgan fingerprint density at radius 3 is 3.05 bits per heavy atom. The summed E-state index contributed by atoms with van der Waals surface area (Å²) >= 11 is 0. The Hall–Kier alpha value is -1.95. The van der Waals surface area contributed by atoms with Gasteiger partial charge in [-0.2, -0.15) is 4.98 Å². The van der Waals surface area contributed by atoms with E-state index in [9.17, 15) is 0 Å². The lowest BCUT2D eigenvalue weighted by atomic mass is 9.93. The minimum absolute atomic E-state index is 0.328. The molecule has 0 spiro atoms. The summed E-state index contributed by atoms with van der Waals surface area (Å²) < 4.78 is 10.7. The Morgan fingerprint density at radius 2 is 2.29 bits per heavy atom. The predicted molar refractivity (Wildman–Crippen MR) is 78.9 cm³/mol. The number of anilines is 1. The van der Waals surface area contributed by atoms with Crippen LogP contribution in [0.1, 0.15) is 31.5 Å². The quantitative estimate of drug-likeness (QED) is 0.932. The van der Waals surface area contributed by atoms with Crippen LogP contribution in [0.5, 0.6) is 0 Å². The Labute approximate surface area is 123 Å². The van der Waals surface area contributed by atoms with Gasteiger partial charge in [0.2, 0.25) is 0 Å². The topological polar surface area (TPSA) is 73.1 Å². The van der Waals surface area contributed by atoms with Crippen LogP contribution in [0.2, 0.25) is 0 Å². The molecule has 2 aromatic rings. The van der Waals surface area contributed by atoms with Gasteiger partial charge in [0, 0.05) is 19.3 Å². The molecule has 1 aliphatic rings. The summed E-state index contributed by atoms with van der Waals surface area (Å²) in [7, 11) is 1.78. The molecule has 1 N–H and O–H groups in total. The molecule has 0 aromatic carbocycles. The van der Waals surface area contributed by atoms with Crippen LogP contribution in [-0.2, 0) is 4.74 Å². The van der Waals surface area contributed by atoms with Gasteiger partial charge in [0.15, 0.2) is 5.82 Å². The van der Waals surface area contributed by atoms with E-state index in [-0.39, 0.29) is 0 Å². The summed E-state index contributed by atoms with van der Waals surface area (Å²) in [5.74, 6) is 1.92. The number of nitrogens with one attached hydrogen (secondary N) is 1. The second kappa shape index (κ2) is 6.22. The monoisotopic (exact) mass is 288 g/mol. The van der Waals surface area contributed by atoms with E-state index in [0.717, 1.165) is 37.1 Å². The number of aromatic nitrogens is 3. The number of pyridine rings is 1. The van der Waals surface area contributed by atoms with Crippen LogP contribution in [0, 0.1) is 6.92 Å². The first kappa shape index (κ1) is 14.0. The van der Waals surface area contributed by atoms with Crippen molar-refractivity contribution in [2.75, 3.05) is 12.4 Å². The first-order chi connectivity index (χ1) is 10.3. The normalized spacial score (nSPS) is 22.2. The van der Waals surface area contributed by atoms with E-state index in [2.05, 4.69) is 20.4 Å². The fraction of sp³-hybridized carbons (Fsp3) is 0.533. The number of hydrogen-bond acceptors (Lipinski definition) is 6. The number of rotatable bonds is 4. The van der Waals surface area contributed by atoms with Crippen molar-refractivity contribution in [2.24, 2.45) is 0 Å². The molecule has 0 bridgehead atoms. The van der Waals surface area contributed by atoms with Crippen LogP contribution in [0.15, 0.2) is 22.9 Å². The molecule has 21 heavy (non-hydrogen) atoms. The maximum absolute atomic E-state index is 5.48. The van der Waals surface area contributed by atoms with Crippen LogP contribution in [0.3, 0.4) is 0 Å². The van der Waals surface area contributed by atoms with E-state index in [1.807, 2.05) is 12.1 Å². The first-order valence-corrected chi connectivity index (χ1v) is 7.31. The van der Waals surface area contributed by atoms with Crippen LogP contribution in [0.4, 0.5) is 5.82 Å². The Balaban J connectivity index is 1.79. The molecule has 0 radical (unpaired) electrons. The fourth-order valence-electron chi connectivity index (χ4n) is 2.78. The molecule has 0 aliphatic heterocycles. The van der Waals surface area contributed by atoms with Crippen molar-refractivity contribution < 1.29 is 9.26 Å². The lowest BCUT2D eigenvalue weighted by molar-refractivity contribution is 0.0669. The molecule has 6 nitrogen and oxygen atoms in total. The molecular formula is C15H20N4O2. The zero-order valence-electron chi connectivity index (χ0n) is 12.4. The third-order valence-corrected chi connectivity index (χ3v) is 3.87. The van der Waals surface area contributed by atoms with Crippen molar-refractivity contribution in [3.8, 4) is 11.5 Å². The van der Waals surface area contributed by atoms with Crippen molar-refractivity contribution in [2.45, 2.75) is 44.8 Å². The molecule has 2 unspecified atom stereocenters. The van der Waals surface area contributed by atoms with Crippen molar-refractivity contribution in [3.63, 3.8) is 0 Å². The second-order valence-corrected chi connectivity index (χ2v) is 5.41. The van der Waals surface area contributed by atoms with Gasteiger partial charge < -0.3 is 14.6 Å². The van der Waals surface area contributed by atoms with Gasteiger partial charge in [0.05, 0.1) is 11.7 Å². The number of nitrogens with zero attached hydrogens (tertiary/aromatic N) is 3. The first-order valence-electron chi connectivity index (χ1n) is 7.31. The third-order valence-electron chi connectivity index (χ3n) is 3.87. The van der Waals surface area contributed by atoms with Crippen molar-refractivity contribution in [3.05, 3.63) is 24.2 Å². The van der Waals surface area contributed by atoms with E-state index in [4.69, 9.17) is 9.26 Å². The maximum Gasteiger partial charge on any atom is 0.261 e. The zero-order chi connectivity index (χ0) is 14.7. The highest BCUT2D eigenvalue weighted by molar-refractivity contribution is 5.68. The molecule has 2 heterocycles. The molecule has 1 saturated carbocycles. The number of methoxy groups -OCH3 is 1. The molecule has 1 fully saturated rings. The molecule has 0 saturated heterocycles. The summed E-state index contributed by atoms with van der Waals surface area (Å²) in [4.78, 5) is 8.71. The average molecular weight is 288 g/mol. The van der Waals surface area contributed by atoms with Gasteiger partial charge in [0.25, 0.3) is 5.89 Å². The number of hydrogen-bond donors (Lipinski definition) is 1. The molecule has 6 heteroatoms. The zero-order valence-corrected chi connectivity index (χ0v) is 12.4. The largest absolute Gasteiger partial charge is 0.381 e. The van der Waals surface area contributed by atoms with E-state index in [1.54, 1.807) is 20.2 Å². The Morgan fingerprint density at radius 1 is 1.38 bits per heavy atom. The minimum Gasteiger partial charge on any atom is -0.381 e. The van der Waals surface area contributed by atoms with Gasteiger partial charge in [-0.05, 0) is 44.7 Å². The van der Waals surface area contributed by atoms with E-state index in [1.165, 1.54) is 0 Å². The molecule has 2 aromatic heterocycles. The minimum atomic E-state index is 0.328. The van der Waals surface area contributed by atoms with Gasteiger partial charge in [0.1, 0.15) is 5.82 Å². The van der Waals surface area contributed by atoms with Gasteiger partial charge in [-0.3, -0.25) is 0 Å². The summed E-state index contributed by atoms with van der Waals surface area (Å²) in [6.45, 7) is 1.81. The van der Waals surface area contributed by atoms with E-state index in [0.29, 0.717) is 23.9 Å². The fourth-order valence-corrected chi connectivity index (χ4v) is 2.78.